The van der Waals surface area contributed by atoms with E-state index >= 15 is 0 Å². The highest BCUT2D eigenvalue weighted by atomic mass is 16.3. The quantitative estimate of drug-likeness (QED) is 0.718. The molecule has 20 heavy (non-hydrogen) atoms. The number of hydrogen-bond acceptors (Lipinski definition) is 3. The van der Waals surface area contributed by atoms with Crippen LogP contribution in [0.1, 0.15) is 52.9 Å². The van der Waals surface area contributed by atoms with Crippen LogP contribution in [-0.4, -0.2) is 48.3 Å². The van der Waals surface area contributed by atoms with Crippen molar-refractivity contribution in [2.75, 3.05) is 26.2 Å². The van der Waals surface area contributed by atoms with Crippen molar-refractivity contribution in [2.24, 2.45) is 17.8 Å². The Morgan fingerprint density at radius 1 is 1.20 bits per heavy atom. The van der Waals surface area contributed by atoms with Crippen molar-refractivity contribution in [3.8, 4) is 0 Å². The Balaban J connectivity index is 1.83. The molecule has 0 aromatic heterocycles. The maximum Gasteiger partial charge on any atom is 0.0540 e. The van der Waals surface area contributed by atoms with Gasteiger partial charge in [-0.3, -0.25) is 0 Å². The predicted molar refractivity (Wildman–Crippen MR) is 84.8 cm³/mol. The van der Waals surface area contributed by atoms with Gasteiger partial charge >= 0.3 is 0 Å². The number of hydrogen-bond donors (Lipinski definition) is 2. The molecule has 0 aromatic carbocycles. The van der Waals surface area contributed by atoms with Crippen molar-refractivity contribution in [1.29, 1.82) is 0 Å². The minimum Gasteiger partial charge on any atom is -0.393 e. The first-order valence-electron chi connectivity index (χ1n) is 8.70. The molecule has 118 valence electrons. The molecule has 3 atom stereocenters. The molecule has 1 saturated carbocycles. The Morgan fingerprint density at radius 2 is 1.95 bits per heavy atom. The largest absolute Gasteiger partial charge is 0.393 e. The van der Waals surface area contributed by atoms with Gasteiger partial charge < -0.3 is 15.3 Å². The second kappa shape index (κ2) is 7.77. The topological polar surface area (TPSA) is 35.5 Å². The molecule has 2 N–H and O–H groups in total. The third-order valence-corrected chi connectivity index (χ3v) is 4.70. The Bertz CT molecular complexity index is 278. The van der Waals surface area contributed by atoms with Crippen LogP contribution in [-0.2, 0) is 0 Å². The van der Waals surface area contributed by atoms with Crippen LogP contribution in [0.15, 0.2) is 0 Å². The number of piperidine rings is 1. The van der Waals surface area contributed by atoms with E-state index in [1.165, 1.54) is 45.4 Å². The molecule has 3 heteroatoms. The monoisotopic (exact) mass is 282 g/mol. The predicted octanol–water partition coefficient (Wildman–Crippen LogP) is 2.49. The van der Waals surface area contributed by atoms with Gasteiger partial charge in [-0.05, 0) is 56.4 Å². The number of nitrogens with one attached hydrogen (secondary N) is 1. The molecule has 3 nitrogen and oxygen atoms in total. The minimum absolute atomic E-state index is 0.108. The molecule has 1 saturated heterocycles. The van der Waals surface area contributed by atoms with Gasteiger partial charge in [0, 0.05) is 25.7 Å². The van der Waals surface area contributed by atoms with Gasteiger partial charge in [0.1, 0.15) is 0 Å². The fourth-order valence-corrected chi connectivity index (χ4v) is 3.49. The lowest BCUT2D eigenvalue weighted by Crippen LogP contribution is -2.51. The number of likely N-dealkylation sites (tertiary alicyclic amines) is 1. The molecule has 0 radical (unpaired) electrons. The van der Waals surface area contributed by atoms with Gasteiger partial charge in [0.05, 0.1) is 6.10 Å². The molecule has 0 amide bonds. The lowest BCUT2D eigenvalue weighted by Gasteiger charge is -2.39. The summed E-state index contributed by atoms with van der Waals surface area (Å²) >= 11 is 0. The zero-order valence-electron chi connectivity index (χ0n) is 13.6. The summed E-state index contributed by atoms with van der Waals surface area (Å²) in [6.07, 6.45) is 5.86. The maximum absolute atomic E-state index is 9.95. The number of nitrogens with zero attached hydrogens (tertiary/aromatic N) is 1. The maximum atomic E-state index is 9.95. The molecule has 3 unspecified atom stereocenters. The molecule has 2 rings (SSSR count). The van der Waals surface area contributed by atoms with E-state index in [1.807, 2.05) is 0 Å². The number of aliphatic hydroxyl groups is 1. The SMILES string of the molecule is CCC(O)CC1CC(NCC2CC2)CN(CC(C)C)C1. The summed E-state index contributed by atoms with van der Waals surface area (Å²) in [6.45, 7) is 11.5. The van der Waals surface area contributed by atoms with E-state index < -0.39 is 0 Å². The average molecular weight is 282 g/mol. The van der Waals surface area contributed by atoms with Crippen LogP contribution in [0.5, 0.6) is 0 Å². The first kappa shape index (κ1) is 16.3. The molecular weight excluding hydrogens is 248 g/mol. The molecule has 2 fully saturated rings. The molecule has 0 bridgehead atoms. The molecule has 0 spiro atoms. The second-order valence-electron chi connectivity index (χ2n) is 7.56. The first-order valence-corrected chi connectivity index (χ1v) is 8.70. The Kier molecular flexibility index (Phi) is 6.31. The van der Waals surface area contributed by atoms with Crippen molar-refractivity contribution in [3.63, 3.8) is 0 Å². The van der Waals surface area contributed by atoms with E-state index in [1.54, 1.807) is 0 Å². The summed E-state index contributed by atoms with van der Waals surface area (Å²) in [5.41, 5.74) is 0. The molecule has 2 aliphatic rings. The van der Waals surface area contributed by atoms with Crippen LogP contribution in [0.25, 0.3) is 0 Å². The van der Waals surface area contributed by atoms with E-state index in [9.17, 15) is 5.11 Å². The normalized spacial score (nSPS) is 29.9. The van der Waals surface area contributed by atoms with Crippen LogP contribution >= 0.6 is 0 Å². The average Bonchev–Trinajstić information content (AvgIpc) is 3.19. The van der Waals surface area contributed by atoms with Crippen molar-refractivity contribution in [1.82, 2.24) is 10.2 Å². The third kappa shape index (κ3) is 5.71. The van der Waals surface area contributed by atoms with Gasteiger partial charge in [-0.15, -0.1) is 0 Å². The van der Waals surface area contributed by atoms with Crippen molar-refractivity contribution >= 4 is 0 Å². The summed E-state index contributed by atoms with van der Waals surface area (Å²) in [4.78, 5) is 2.62. The van der Waals surface area contributed by atoms with Crippen LogP contribution in [0, 0.1) is 17.8 Å². The van der Waals surface area contributed by atoms with E-state index in [0.29, 0.717) is 12.0 Å². The summed E-state index contributed by atoms with van der Waals surface area (Å²) in [5.74, 6) is 2.35. The Labute approximate surface area is 125 Å². The van der Waals surface area contributed by atoms with Gasteiger partial charge in [0.2, 0.25) is 0 Å². The third-order valence-electron chi connectivity index (χ3n) is 4.70. The first-order chi connectivity index (χ1) is 9.56. The molecular formula is C17H34N2O. The Hall–Kier alpha value is -0.120. The van der Waals surface area contributed by atoms with Crippen molar-refractivity contribution in [3.05, 3.63) is 0 Å². The lowest BCUT2D eigenvalue weighted by atomic mass is 9.88. The highest BCUT2D eigenvalue weighted by molar-refractivity contribution is 4.87. The van der Waals surface area contributed by atoms with E-state index in [-0.39, 0.29) is 6.10 Å². The summed E-state index contributed by atoms with van der Waals surface area (Å²) in [5, 5.41) is 13.7. The van der Waals surface area contributed by atoms with Gasteiger partial charge in [0.15, 0.2) is 0 Å². The molecule has 1 heterocycles. The molecule has 1 aliphatic heterocycles. The minimum atomic E-state index is -0.108. The van der Waals surface area contributed by atoms with Crippen LogP contribution in [0.3, 0.4) is 0 Å². The lowest BCUT2D eigenvalue weighted by molar-refractivity contribution is 0.0783. The van der Waals surface area contributed by atoms with Crippen molar-refractivity contribution < 1.29 is 5.11 Å². The van der Waals surface area contributed by atoms with Gasteiger partial charge in [-0.1, -0.05) is 20.8 Å². The summed E-state index contributed by atoms with van der Waals surface area (Å²) in [7, 11) is 0. The van der Waals surface area contributed by atoms with Crippen LogP contribution in [0.4, 0.5) is 0 Å². The van der Waals surface area contributed by atoms with E-state index in [2.05, 4.69) is 31.0 Å². The van der Waals surface area contributed by atoms with Gasteiger partial charge in [-0.2, -0.15) is 0 Å². The summed E-state index contributed by atoms with van der Waals surface area (Å²) in [6, 6.07) is 0.636. The van der Waals surface area contributed by atoms with E-state index in [4.69, 9.17) is 0 Å². The van der Waals surface area contributed by atoms with Crippen LogP contribution < -0.4 is 5.32 Å². The molecule has 1 aliphatic carbocycles. The zero-order valence-corrected chi connectivity index (χ0v) is 13.6. The highest BCUT2D eigenvalue weighted by Gasteiger charge is 2.30. The van der Waals surface area contributed by atoms with Crippen LogP contribution in [0.2, 0.25) is 0 Å². The second-order valence-corrected chi connectivity index (χ2v) is 7.56. The van der Waals surface area contributed by atoms with E-state index in [0.717, 1.165) is 24.7 Å². The fraction of sp³-hybridized carbons (Fsp3) is 1.00. The molecule has 0 aromatic rings. The zero-order chi connectivity index (χ0) is 14.5. The van der Waals surface area contributed by atoms with Gasteiger partial charge in [0.25, 0.3) is 0 Å². The fourth-order valence-electron chi connectivity index (χ4n) is 3.49. The smallest absolute Gasteiger partial charge is 0.0540 e. The highest BCUT2D eigenvalue weighted by Crippen LogP contribution is 2.29. The number of rotatable bonds is 8. The Morgan fingerprint density at radius 3 is 2.55 bits per heavy atom. The number of aliphatic hydroxyl groups excluding tert-OH is 1. The van der Waals surface area contributed by atoms with Gasteiger partial charge in [-0.25, -0.2) is 0 Å². The van der Waals surface area contributed by atoms with Crippen molar-refractivity contribution in [2.45, 2.75) is 65.0 Å². The summed E-state index contributed by atoms with van der Waals surface area (Å²) < 4.78 is 0. The standard InChI is InChI=1S/C17H34N2O/c1-4-17(20)8-15-7-16(18-9-14-5-6-14)12-19(11-15)10-13(2)3/h13-18,20H,4-12H2,1-3H3.